The second kappa shape index (κ2) is 6.07. The van der Waals surface area contributed by atoms with E-state index in [1.807, 2.05) is 12.1 Å². The Hall–Kier alpha value is -1.26. The van der Waals surface area contributed by atoms with Gasteiger partial charge in [-0.25, -0.2) is 0 Å². The van der Waals surface area contributed by atoms with Gasteiger partial charge >= 0.3 is 0 Å². The van der Waals surface area contributed by atoms with Gasteiger partial charge < -0.3 is 14.7 Å². The van der Waals surface area contributed by atoms with Gasteiger partial charge in [0.2, 0.25) is 5.91 Å². The Morgan fingerprint density at radius 3 is 2.89 bits per heavy atom. The number of likely N-dealkylation sites (tertiary alicyclic amines) is 1. The van der Waals surface area contributed by atoms with Crippen LogP contribution < -0.4 is 4.74 Å². The van der Waals surface area contributed by atoms with Crippen LogP contribution in [0.2, 0.25) is 5.02 Å². The molecule has 98 valence electrons. The molecule has 0 bridgehead atoms. The number of rotatable bonds is 5. The van der Waals surface area contributed by atoms with Crippen molar-refractivity contribution >= 4 is 17.5 Å². The molecule has 0 saturated carbocycles. The summed E-state index contributed by atoms with van der Waals surface area (Å²) in [6, 6.07) is 7.25. The van der Waals surface area contributed by atoms with Gasteiger partial charge in [0.25, 0.3) is 0 Å². The first-order valence-electron chi connectivity index (χ1n) is 5.96. The van der Waals surface area contributed by atoms with Crippen molar-refractivity contribution in [3.63, 3.8) is 0 Å². The molecular formula is C13H16ClNO3. The molecule has 1 fully saturated rings. The fourth-order valence-corrected chi connectivity index (χ4v) is 2.21. The van der Waals surface area contributed by atoms with E-state index >= 15 is 0 Å². The zero-order chi connectivity index (χ0) is 13.0. The lowest BCUT2D eigenvalue weighted by atomic mass is 10.1. The molecule has 1 aromatic rings. The molecule has 1 heterocycles. The van der Waals surface area contributed by atoms with E-state index in [-0.39, 0.29) is 18.4 Å². The Balaban J connectivity index is 1.79. The lowest BCUT2D eigenvalue weighted by Gasteiger charge is -2.16. The van der Waals surface area contributed by atoms with Crippen LogP contribution in [0.1, 0.15) is 6.42 Å². The fraction of sp³-hybridized carbons (Fsp3) is 0.462. The molecular weight excluding hydrogens is 254 g/mol. The highest BCUT2D eigenvalue weighted by molar-refractivity contribution is 6.32. The summed E-state index contributed by atoms with van der Waals surface area (Å²) in [5.41, 5.74) is 0. The van der Waals surface area contributed by atoms with E-state index in [0.717, 1.165) is 0 Å². The van der Waals surface area contributed by atoms with Crippen LogP contribution in [0.25, 0.3) is 0 Å². The predicted molar refractivity (Wildman–Crippen MR) is 68.7 cm³/mol. The van der Waals surface area contributed by atoms with Crippen molar-refractivity contribution in [1.82, 2.24) is 4.90 Å². The molecule has 4 nitrogen and oxygen atoms in total. The third kappa shape index (κ3) is 3.15. The zero-order valence-electron chi connectivity index (χ0n) is 10.0. The molecule has 1 N–H and O–H groups in total. The van der Waals surface area contributed by atoms with Gasteiger partial charge in [-0.05, 0) is 12.1 Å². The largest absolute Gasteiger partial charge is 0.490 e. The van der Waals surface area contributed by atoms with Crippen molar-refractivity contribution in [3.05, 3.63) is 29.3 Å². The highest BCUT2D eigenvalue weighted by Gasteiger charge is 2.28. The first-order valence-corrected chi connectivity index (χ1v) is 6.34. The molecule has 0 radical (unpaired) electrons. The molecule has 1 atom stereocenters. The normalized spacial score (nSPS) is 19.3. The van der Waals surface area contributed by atoms with E-state index < -0.39 is 0 Å². The van der Waals surface area contributed by atoms with Crippen molar-refractivity contribution < 1.29 is 14.6 Å². The molecule has 5 heteroatoms. The van der Waals surface area contributed by atoms with Gasteiger partial charge in [-0.3, -0.25) is 4.79 Å². The molecule has 0 aliphatic carbocycles. The molecule has 0 aromatic heterocycles. The average molecular weight is 270 g/mol. The second-order valence-electron chi connectivity index (χ2n) is 4.37. The second-order valence-corrected chi connectivity index (χ2v) is 4.78. The Kier molecular flexibility index (Phi) is 4.44. The molecule has 18 heavy (non-hydrogen) atoms. The third-order valence-electron chi connectivity index (χ3n) is 3.01. The number of hydrogen-bond acceptors (Lipinski definition) is 3. The number of carbonyl (C=O) groups is 1. The highest BCUT2D eigenvalue weighted by Crippen LogP contribution is 2.23. The molecule has 1 amide bonds. The van der Waals surface area contributed by atoms with Crippen LogP contribution >= 0.6 is 11.6 Å². The maximum Gasteiger partial charge on any atom is 0.223 e. The van der Waals surface area contributed by atoms with E-state index in [1.165, 1.54) is 0 Å². The van der Waals surface area contributed by atoms with E-state index in [4.69, 9.17) is 21.4 Å². The van der Waals surface area contributed by atoms with E-state index in [9.17, 15) is 4.79 Å². The van der Waals surface area contributed by atoms with Crippen LogP contribution in [0.15, 0.2) is 24.3 Å². The number of hydrogen-bond donors (Lipinski definition) is 1. The first-order chi connectivity index (χ1) is 8.70. The Morgan fingerprint density at radius 1 is 1.44 bits per heavy atom. The van der Waals surface area contributed by atoms with Crippen LogP contribution in [0, 0.1) is 5.92 Å². The molecule has 2 rings (SSSR count). The average Bonchev–Trinajstić information content (AvgIpc) is 2.73. The quantitative estimate of drug-likeness (QED) is 0.883. The number of aliphatic hydroxyl groups is 1. The van der Waals surface area contributed by atoms with Gasteiger partial charge in [-0.15, -0.1) is 0 Å². The summed E-state index contributed by atoms with van der Waals surface area (Å²) < 4.78 is 5.53. The number of amides is 1. The maximum absolute atomic E-state index is 11.6. The number of para-hydroxylation sites is 1. The number of carbonyl (C=O) groups excluding carboxylic acids is 1. The van der Waals surface area contributed by atoms with E-state index in [0.29, 0.717) is 36.9 Å². The van der Waals surface area contributed by atoms with Gasteiger partial charge in [-0.2, -0.15) is 0 Å². The summed E-state index contributed by atoms with van der Waals surface area (Å²) in [5, 5.41) is 9.58. The van der Waals surface area contributed by atoms with Gasteiger partial charge in [0, 0.05) is 25.5 Å². The monoisotopic (exact) mass is 269 g/mol. The van der Waals surface area contributed by atoms with E-state index in [2.05, 4.69) is 0 Å². The van der Waals surface area contributed by atoms with Gasteiger partial charge in [0.05, 0.1) is 11.6 Å². The standard InChI is InChI=1S/C13H16ClNO3/c14-11-3-1-2-4-12(11)18-6-5-15-8-10(9-16)7-13(15)17/h1-4,10,16H,5-9H2. The predicted octanol–water partition coefficient (Wildman–Crippen LogP) is 1.56. The fourth-order valence-electron chi connectivity index (χ4n) is 2.02. The summed E-state index contributed by atoms with van der Waals surface area (Å²) >= 11 is 5.96. The van der Waals surface area contributed by atoms with Crippen molar-refractivity contribution in [2.24, 2.45) is 5.92 Å². The number of benzene rings is 1. The maximum atomic E-state index is 11.6. The SMILES string of the molecule is O=C1CC(CO)CN1CCOc1ccccc1Cl. The lowest BCUT2D eigenvalue weighted by Crippen LogP contribution is -2.30. The molecule has 1 aromatic carbocycles. The summed E-state index contributed by atoms with van der Waals surface area (Å²) in [5.74, 6) is 0.777. The van der Waals surface area contributed by atoms with Crippen molar-refractivity contribution in [2.45, 2.75) is 6.42 Å². The third-order valence-corrected chi connectivity index (χ3v) is 3.32. The van der Waals surface area contributed by atoms with Crippen LogP contribution in [0.5, 0.6) is 5.75 Å². The van der Waals surface area contributed by atoms with Crippen LogP contribution in [0.3, 0.4) is 0 Å². The summed E-state index contributed by atoms with van der Waals surface area (Å²) in [4.78, 5) is 13.3. The van der Waals surface area contributed by atoms with Crippen molar-refractivity contribution in [1.29, 1.82) is 0 Å². The number of ether oxygens (including phenoxy) is 1. The Labute approximate surface area is 111 Å². The van der Waals surface area contributed by atoms with Gasteiger partial charge in [-0.1, -0.05) is 23.7 Å². The topological polar surface area (TPSA) is 49.8 Å². The van der Waals surface area contributed by atoms with Gasteiger partial charge in [0.1, 0.15) is 12.4 Å². The summed E-state index contributed by atoms with van der Waals surface area (Å²) in [7, 11) is 0. The zero-order valence-corrected chi connectivity index (χ0v) is 10.8. The van der Waals surface area contributed by atoms with E-state index in [1.54, 1.807) is 17.0 Å². The minimum absolute atomic E-state index is 0.0631. The molecule has 0 spiro atoms. The Bertz CT molecular complexity index is 424. The van der Waals surface area contributed by atoms with Crippen LogP contribution in [-0.4, -0.2) is 42.2 Å². The Morgan fingerprint density at radius 2 is 2.22 bits per heavy atom. The number of aliphatic hydroxyl groups excluding tert-OH is 1. The molecule has 1 aliphatic rings. The number of halogens is 1. The molecule has 1 aliphatic heterocycles. The number of nitrogens with zero attached hydrogens (tertiary/aromatic N) is 1. The van der Waals surface area contributed by atoms with Crippen LogP contribution in [0.4, 0.5) is 0 Å². The lowest BCUT2D eigenvalue weighted by molar-refractivity contribution is -0.128. The van der Waals surface area contributed by atoms with Crippen molar-refractivity contribution in [2.75, 3.05) is 26.3 Å². The van der Waals surface area contributed by atoms with Crippen molar-refractivity contribution in [3.8, 4) is 5.75 Å². The summed E-state index contributed by atoms with van der Waals surface area (Å²) in [6.07, 6.45) is 0.433. The minimum atomic E-state index is 0.0631. The smallest absolute Gasteiger partial charge is 0.223 e. The first kappa shape index (κ1) is 13.2. The molecule has 1 unspecified atom stereocenters. The van der Waals surface area contributed by atoms with Gasteiger partial charge in [0.15, 0.2) is 0 Å². The molecule has 1 saturated heterocycles. The van der Waals surface area contributed by atoms with Crippen LogP contribution in [-0.2, 0) is 4.79 Å². The summed E-state index contributed by atoms with van der Waals surface area (Å²) in [6.45, 7) is 1.61. The minimum Gasteiger partial charge on any atom is -0.490 e. The highest BCUT2D eigenvalue weighted by atomic mass is 35.5.